The fraction of sp³-hybridized carbons (Fsp3) is 0.350. The quantitative estimate of drug-likeness (QED) is 0.863. The Morgan fingerprint density at radius 3 is 2.58 bits per heavy atom. The summed E-state index contributed by atoms with van der Waals surface area (Å²) in [5.41, 5.74) is 1.62. The number of piperazine rings is 1. The molecule has 26 heavy (non-hydrogen) atoms. The second-order valence-corrected chi connectivity index (χ2v) is 6.98. The number of hydrogen-bond acceptors (Lipinski definition) is 3. The molecule has 138 valence electrons. The summed E-state index contributed by atoms with van der Waals surface area (Å²) in [6, 6.07) is 14.1. The molecule has 0 radical (unpaired) electrons. The topological polar surface area (TPSA) is 35.6 Å². The van der Waals surface area contributed by atoms with Crippen LogP contribution in [-0.4, -0.2) is 48.4 Å². The zero-order valence-electron chi connectivity index (χ0n) is 14.8. The van der Waals surface area contributed by atoms with Crippen LogP contribution in [0.3, 0.4) is 0 Å². The lowest BCUT2D eigenvalue weighted by Gasteiger charge is -2.38. The summed E-state index contributed by atoms with van der Waals surface area (Å²) in [7, 11) is 0. The molecular formula is C20H23ClFN3O. The van der Waals surface area contributed by atoms with E-state index in [1.807, 2.05) is 18.2 Å². The van der Waals surface area contributed by atoms with E-state index in [1.54, 1.807) is 12.1 Å². The number of anilines is 1. The first-order valence-electron chi connectivity index (χ1n) is 8.79. The van der Waals surface area contributed by atoms with E-state index in [1.165, 1.54) is 12.1 Å². The minimum absolute atomic E-state index is 0.122. The van der Waals surface area contributed by atoms with Crippen molar-refractivity contribution in [1.82, 2.24) is 9.80 Å². The summed E-state index contributed by atoms with van der Waals surface area (Å²) in [6.07, 6.45) is 0. The molecule has 1 amide bonds. The van der Waals surface area contributed by atoms with Crippen molar-refractivity contribution >= 4 is 23.2 Å². The first-order chi connectivity index (χ1) is 12.5. The summed E-state index contributed by atoms with van der Waals surface area (Å²) >= 11 is 6.31. The molecule has 0 bridgehead atoms. The van der Waals surface area contributed by atoms with E-state index in [4.69, 9.17) is 11.6 Å². The molecule has 0 spiro atoms. The van der Waals surface area contributed by atoms with Crippen LogP contribution < -0.4 is 5.32 Å². The van der Waals surface area contributed by atoms with Gasteiger partial charge >= 0.3 is 0 Å². The van der Waals surface area contributed by atoms with Gasteiger partial charge in [-0.3, -0.25) is 14.6 Å². The lowest BCUT2D eigenvalue weighted by molar-refractivity contribution is -0.117. The number of rotatable bonds is 5. The van der Waals surface area contributed by atoms with Gasteiger partial charge in [0.25, 0.3) is 0 Å². The van der Waals surface area contributed by atoms with Crippen LogP contribution >= 0.6 is 11.6 Å². The summed E-state index contributed by atoms with van der Waals surface area (Å²) < 4.78 is 13.2. The Morgan fingerprint density at radius 1 is 1.15 bits per heavy atom. The van der Waals surface area contributed by atoms with Gasteiger partial charge in [-0.25, -0.2) is 4.39 Å². The van der Waals surface area contributed by atoms with Gasteiger partial charge in [0.2, 0.25) is 5.91 Å². The summed E-state index contributed by atoms with van der Waals surface area (Å²) in [5.74, 6) is -0.479. The Balaban J connectivity index is 1.49. The first kappa shape index (κ1) is 18.8. The van der Waals surface area contributed by atoms with Crippen molar-refractivity contribution in [3.63, 3.8) is 0 Å². The minimum Gasteiger partial charge on any atom is -0.325 e. The van der Waals surface area contributed by atoms with E-state index >= 15 is 0 Å². The molecule has 2 aromatic carbocycles. The van der Waals surface area contributed by atoms with E-state index in [9.17, 15) is 9.18 Å². The van der Waals surface area contributed by atoms with Crippen molar-refractivity contribution in [3.8, 4) is 0 Å². The number of carbonyl (C=O) groups is 1. The molecule has 1 heterocycles. The van der Waals surface area contributed by atoms with Crippen molar-refractivity contribution in [3.05, 3.63) is 64.9 Å². The van der Waals surface area contributed by atoms with E-state index in [0.29, 0.717) is 12.2 Å². The second-order valence-electron chi connectivity index (χ2n) is 6.57. The molecule has 6 heteroatoms. The maximum Gasteiger partial charge on any atom is 0.238 e. The molecule has 0 aromatic heterocycles. The number of amides is 1. The van der Waals surface area contributed by atoms with Gasteiger partial charge in [-0.2, -0.15) is 0 Å². The molecule has 1 N–H and O–H groups in total. The van der Waals surface area contributed by atoms with Crippen LogP contribution in [0.1, 0.15) is 18.5 Å². The summed E-state index contributed by atoms with van der Waals surface area (Å²) in [5, 5.41) is 3.53. The molecule has 4 nitrogen and oxygen atoms in total. The van der Waals surface area contributed by atoms with Crippen LogP contribution in [0.4, 0.5) is 10.1 Å². The fourth-order valence-electron chi connectivity index (χ4n) is 3.29. The molecule has 1 fully saturated rings. The number of carbonyl (C=O) groups excluding carboxylic acids is 1. The highest BCUT2D eigenvalue weighted by molar-refractivity contribution is 6.31. The largest absolute Gasteiger partial charge is 0.325 e. The molecule has 0 saturated carbocycles. The fourth-order valence-corrected chi connectivity index (χ4v) is 3.58. The van der Waals surface area contributed by atoms with Crippen LogP contribution in [-0.2, 0) is 4.79 Å². The Hall–Kier alpha value is -1.95. The molecule has 1 saturated heterocycles. The Labute approximate surface area is 158 Å². The van der Waals surface area contributed by atoms with Gasteiger partial charge < -0.3 is 5.32 Å². The normalized spacial score (nSPS) is 17.0. The van der Waals surface area contributed by atoms with Gasteiger partial charge in [0.1, 0.15) is 5.82 Å². The van der Waals surface area contributed by atoms with Crippen LogP contribution in [0.2, 0.25) is 5.02 Å². The van der Waals surface area contributed by atoms with Crippen molar-refractivity contribution in [1.29, 1.82) is 0 Å². The predicted molar refractivity (Wildman–Crippen MR) is 103 cm³/mol. The third kappa shape index (κ3) is 4.81. The maximum atomic E-state index is 13.2. The van der Waals surface area contributed by atoms with Gasteiger partial charge in [0.15, 0.2) is 0 Å². The average molecular weight is 376 g/mol. The monoisotopic (exact) mass is 375 g/mol. The SMILES string of the molecule is C[C@@H](c1ccccc1Cl)N1CCN(CC(=O)Nc2cccc(F)c2)CC1. The van der Waals surface area contributed by atoms with E-state index in [0.717, 1.165) is 36.8 Å². The van der Waals surface area contributed by atoms with E-state index in [2.05, 4.69) is 28.1 Å². The average Bonchev–Trinajstić information content (AvgIpc) is 2.62. The predicted octanol–water partition coefficient (Wildman–Crippen LogP) is 3.80. The number of benzene rings is 2. The smallest absolute Gasteiger partial charge is 0.238 e. The second kappa shape index (κ2) is 8.62. The lowest BCUT2D eigenvalue weighted by Crippen LogP contribution is -2.49. The molecule has 0 unspecified atom stereocenters. The zero-order chi connectivity index (χ0) is 18.5. The Bertz CT molecular complexity index is 762. The lowest BCUT2D eigenvalue weighted by atomic mass is 10.1. The Kier molecular flexibility index (Phi) is 6.25. The van der Waals surface area contributed by atoms with Gasteiger partial charge in [0.05, 0.1) is 6.54 Å². The number of nitrogens with zero attached hydrogens (tertiary/aromatic N) is 2. The van der Waals surface area contributed by atoms with Gasteiger partial charge in [-0.15, -0.1) is 0 Å². The van der Waals surface area contributed by atoms with E-state index in [-0.39, 0.29) is 17.8 Å². The van der Waals surface area contributed by atoms with Crippen LogP contribution in [0, 0.1) is 5.82 Å². The zero-order valence-corrected chi connectivity index (χ0v) is 15.5. The van der Waals surface area contributed by atoms with Gasteiger partial charge in [-0.1, -0.05) is 35.9 Å². The minimum atomic E-state index is -0.357. The van der Waals surface area contributed by atoms with Crippen LogP contribution in [0.15, 0.2) is 48.5 Å². The maximum absolute atomic E-state index is 13.2. The molecule has 1 aliphatic heterocycles. The van der Waals surface area contributed by atoms with Gasteiger partial charge in [0, 0.05) is 42.9 Å². The number of nitrogens with one attached hydrogen (secondary N) is 1. The highest BCUT2D eigenvalue weighted by atomic mass is 35.5. The van der Waals surface area contributed by atoms with E-state index < -0.39 is 0 Å². The highest BCUT2D eigenvalue weighted by Crippen LogP contribution is 2.27. The van der Waals surface area contributed by atoms with Crippen molar-refractivity contribution < 1.29 is 9.18 Å². The molecule has 1 atom stereocenters. The third-order valence-electron chi connectivity index (χ3n) is 4.79. The highest BCUT2D eigenvalue weighted by Gasteiger charge is 2.24. The Morgan fingerprint density at radius 2 is 1.88 bits per heavy atom. The molecule has 0 aliphatic carbocycles. The molecular weight excluding hydrogens is 353 g/mol. The summed E-state index contributed by atoms with van der Waals surface area (Å²) in [4.78, 5) is 16.7. The molecule has 1 aliphatic rings. The standard InChI is InChI=1S/C20H23ClFN3O/c1-15(18-7-2-3-8-19(18)21)25-11-9-24(10-12-25)14-20(26)23-17-6-4-5-16(22)13-17/h2-8,13,15H,9-12,14H2,1H3,(H,23,26)/t15-/m0/s1. The number of hydrogen-bond donors (Lipinski definition) is 1. The van der Waals surface area contributed by atoms with Crippen molar-refractivity contribution in [2.24, 2.45) is 0 Å². The van der Waals surface area contributed by atoms with Gasteiger partial charge in [-0.05, 0) is 36.8 Å². The van der Waals surface area contributed by atoms with Crippen LogP contribution in [0.25, 0.3) is 0 Å². The van der Waals surface area contributed by atoms with Crippen molar-refractivity contribution in [2.75, 3.05) is 38.0 Å². The molecule has 2 aromatic rings. The molecule has 3 rings (SSSR count). The summed E-state index contributed by atoms with van der Waals surface area (Å²) in [6.45, 7) is 5.84. The first-order valence-corrected chi connectivity index (χ1v) is 9.17. The van der Waals surface area contributed by atoms with Crippen LogP contribution in [0.5, 0.6) is 0 Å². The number of halogens is 2. The van der Waals surface area contributed by atoms with Crippen molar-refractivity contribution in [2.45, 2.75) is 13.0 Å². The third-order valence-corrected chi connectivity index (χ3v) is 5.13.